The molecule has 90 valence electrons. The van der Waals surface area contributed by atoms with E-state index in [4.69, 9.17) is 9.84 Å². The van der Waals surface area contributed by atoms with E-state index in [-0.39, 0.29) is 5.91 Å². The molecule has 0 bridgehead atoms. The van der Waals surface area contributed by atoms with Gasteiger partial charge in [0.05, 0.1) is 12.8 Å². The normalized spacial score (nSPS) is 10.2. The summed E-state index contributed by atoms with van der Waals surface area (Å²) < 4.78 is 5.07. The lowest BCUT2D eigenvalue weighted by atomic mass is 10.1. The fourth-order valence-corrected chi connectivity index (χ4v) is 1.28. The number of methoxy groups -OCH3 is 1. The molecule has 0 atom stereocenters. The van der Waals surface area contributed by atoms with Crippen molar-refractivity contribution in [3.8, 4) is 5.75 Å². The summed E-state index contributed by atoms with van der Waals surface area (Å²) in [5.41, 5.74) is 1.17. The van der Waals surface area contributed by atoms with Crippen LogP contribution in [-0.2, 0) is 9.59 Å². The number of carbonyl (C=O) groups is 2. The minimum atomic E-state index is -1.03. The lowest BCUT2D eigenvalue weighted by molar-refractivity contribution is -0.131. The first-order valence-corrected chi connectivity index (χ1v) is 4.89. The molecule has 0 unspecified atom stereocenters. The highest BCUT2D eigenvalue weighted by molar-refractivity contribution is 5.91. The van der Waals surface area contributed by atoms with E-state index in [0.717, 1.165) is 6.08 Å². The highest BCUT2D eigenvalue weighted by atomic mass is 16.5. The van der Waals surface area contributed by atoms with Crippen molar-refractivity contribution in [3.05, 3.63) is 29.8 Å². The first-order chi connectivity index (χ1) is 8.02. The molecule has 0 aliphatic carbocycles. The van der Waals surface area contributed by atoms with Crippen LogP contribution in [0.2, 0.25) is 0 Å². The minimum Gasteiger partial charge on any atom is -0.495 e. The molecule has 1 rings (SSSR count). The van der Waals surface area contributed by atoms with E-state index < -0.39 is 5.97 Å². The third-order valence-corrected chi connectivity index (χ3v) is 1.95. The van der Waals surface area contributed by atoms with Crippen molar-refractivity contribution >= 4 is 23.6 Å². The van der Waals surface area contributed by atoms with Gasteiger partial charge in [-0.2, -0.15) is 0 Å². The lowest BCUT2D eigenvalue weighted by Crippen LogP contribution is -2.07. The summed E-state index contributed by atoms with van der Waals surface area (Å²) in [7, 11) is 1.49. The Balaban J connectivity index is 3.03. The van der Waals surface area contributed by atoms with Crippen LogP contribution in [0.4, 0.5) is 5.69 Å². The van der Waals surface area contributed by atoms with Gasteiger partial charge >= 0.3 is 5.97 Å². The van der Waals surface area contributed by atoms with Crippen LogP contribution in [0.25, 0.3) is 6.08 Å². The maximum atomic E-state index is 11.0. The van der Waals surface area contributed by atoms with Crippen LogP contribution in [0, 0.1) is 0 Å². The Hall–Kier alpha value is -2.30. The molecule has 17 heavy (non-hydrogen) atoms. The molecule has 5 heteroatoms. The molecule has 0 aliphatic rings. The number of hydrogen-bond acceptors (Lipinski definition) is 3. The number of benzene rings is 1. The zero-order chi connectivity index (χ0) is 12.8. The van der Waals surface area contributed by atoms with E-state index in [1.807, 2.05) is 0 Å². The zero-order valence-electron chi connectivity index (χ0n) is 9.56. The number of aliphatic carboxylic acids is 1. The molecule has 0 heterocycles. The highest BCUT2D eigenvalue weighted by Crippen LogP contribution is 2.25. The molecule has 1 amide bonds. The number of amides is 1. The zero-order valence-corrected chi connectivity index (χ0v) is 9.56. The van der Waals surface area contributed by atoms with Crippen LogP contribution >= 0.6 is 0 Å². The summed E-state index contributed by atoms with van der Waals surface area (Å²) in [5, 5.41) is 11.1. The third kappa shape index (κ3) is 3.98. The van der Waals surface area contributed by atoms with Crippen LogP contribution in [0.1, 0.15) is 12.5 Å². The number of rotatable bonds is 4. The van der Waals surface area contributed by atoms with Gasteiger partial charge in [-0.1, -0.05) is 6.07 Å². The molecule has 1 aromatic rings. The molecule has 0 aromatic heterocycles. The van der Waals surface area contributed by atoms with Gasteiger partial charge in [0, 0.05) is 13.0 Å². The van der Waals surface area contributed by atoms with Gasteiger partial charge in [0.1, 0.15) is 5.75 Å². The predicted molar refractivity (Wildman–Crippen MR) is 64.0 cm³/mol. The number of carbonyl (C=O) groups excluding carboxylic acids is 1. The number of hydrogen-bond donors (Lipinski definition) is 2. The van der Waals surface area contributed by atoms with E-state index in [2.05, 4.69) is 5.32 Å². The molecule has 1 aromatic carbocycles. The monoisotopic (exact) mass is 235 g/mol. The fourth-order valence-electron chi connectivity index (χ4n) is 1.28. The Morgan fingerprint density at radius 2 is 2.12 bits per heavy atom. The van der Waals surface area contributed by atoms with Gasteiger partial charge < -0.3 is 15.2 Å². The Morgan fingerprint density at radius 1 is 1.41 bits per heavy atom. The van der Waals surface area contributed by atoms with Gasteiger partial charge in [0.2, 0.25) is 5.91 Å². The molecular formula is C12H13NO4. The summed E-state index contributed by atoms with van der Waals surface area (Å²) in [6, 6.07) is 5.00. The van der Waals surface area contributed by atoms with Crippen molar-refractivity contribution in [2.24, 2.45) is 0 Å². The molecule has 0 saturated carbocycles. The van der Waals surface area contributed by atoms with Crippen LogP contribution in [0.15, 0.2) is 24.3 Å². The van der Waals surface area contributed by atoms with Gasteiger partial charge in [0.25, 0.3) is 0 Å². The molecule has 2 N–H and O–H groups in total. The number of carboxylic acids is 1. The molecule has 0 aliphatic heterocycles. The number of nitrogens with one attached hydrogen (secondary N) is 1. The summed E-state index contributed by atoms with van der Waals surface area (Å²) in [4.78, 5) is 21.4. The Morgan fingerprint density at radius 3 is 2.65 bits per heavy atom. The third-order valence-electron chi connectivity index (χ3n) is 1.95. The Kier molecular flexibility index (Phi) is 4.28. The minimum absolute atomic E-state index is 0.220. The standard InChI is InChI=1S/C12H13NO4/c1-8(14)13-10-7-9(4-6-12(15)16)3-5-11(10)17-2/h3-7H,1-2H3,(H,13,14)(H,15,16)/b6-4+. The predicted octanol–water partition coefficient (Wildman–Crippen LogP) is 1.75. The van der Waals surface area contributed by atoms with Crippen LogP contribution in [0.3, 0.4) is 0 Å². The SMILES string of the molecule is COc1ccc(/C=C/C(=O)O)cc1NC(C)=O. The Labute approximate surface area is 98.7 Å². The average Bonchev–Trinajstić information content (AvgIpc) is 2.25. The van der Waals surface area contributed by atoms with Crippen molar-refractivity contribution < 1.29 is 19.4 Å². The summed E-state index contributed by atoms with van der Waals surface area (Å²) >= 11 is 0. The van der Waals surface area contributed by atoms with Gasteiger partial charge in [-0.15, -0.1) is 0 Å². The number of carboxylic acid groups (broad SMARTS) is 1. The molecule has 5 nitrogen and oxygen atoms in total. The first-order valence-electron chi connectivity index (χ1n) is 4.89. The Bertz CT molecular complexity index is 466. The largest absolute Gasteiger partial charge is 0.495 e. The number of ether oxygens (including phenoxy) is 1. The fraction of sp³-hybridized carbons (Fsp3) is 0.167. The van der Waals surface area contributed by atoms with Gasteiger partial charge in [-0.3, -0.25) is 4.79 Å². The second kappa shape index (κ2) is 5.69. The van der Waals surface area contributed by atoms with Crippen molar-refractivity contribution in [2.45, 2.75) is 6.92 Å². The summed E-state index contributed by atoms with van der Waals surface area (Å²) in [6.07, 6.45) is 2.46. The quantitative estimate of drug-likeness (QED) is 0.779. The van der Waals surface area contributed by atoms with Crippen LogP contribution < -0.4 is 10.1 Å². The highest BCUT2D eigenvalue weighted by Gasteiger charge is 2.04. The van der Waals surface area contributed by atoms with E-state index in [1.54, 1.807) is 18.2 Å². The van der Waals surface area contributed by atoms with E-state index in [9.17, 15) is 9.59 Å². The molecule has 0 saturated heterocycles. The summed E-state index contributed by atoms with van der Waals surface area (Å²) in [6.45, 7) is 1.39. The maximum Gasteiger partial charge on any atom is 0.328 e. The van der Waals surface area contributed by atoms with Crippen molar-refractivity contribution in [2.75, 3.05) is 12.4 Å². The number of anilines is 1. The topological polar surface area (TPSA) is 75.6 Å². The van der Waals surface area contributed by atoms with E-state index in [0.29, 0.717) is 17.0 Å². The summed E-state index contributed by atoms with van der Waals surface area (Å²) in [5.74, 6) is -0.725. The lowest BCUT2D eigenvalue weighted by Gasteiger charge is -2.09. The average molecular weight is 235 g/mol. The van der Waals surface area contributed by atoms with Crippen LogP contribution in [-0.4, -0.2) is 24.1 Å². The smallest absolute Gasteiger partial charge is 0.328 e. The molecule has 0 fully saturated rings. The second-order valence-electron chi connectivity index (χ2n) is 3.31. The van der Waals surface area contributed by atoms with Crippen molar-refractivity contribution in [3.63, 3.8) is 0 Å². The maximum absolute atomic E-state index is 11.0. The van der Waals surface area contributed by atoms with E-state index in [1.165, 1.54) is 20.1 Å². The van der Waals surface area contributed by atoms with Gasteiger partial charge in [-0.25, -0.2) is 4.79 Å². The molecular weight excluding hydrogens is 222 g/mol. The van der Waals surface area contributed by atoms with E-state index >= 15 is 0 Å². The van der Waals surface area contributed by atoms with Crippen molar-refractivity contribution in [1.29, 1.82) is 0 Å². The van der Waals surface area contributed by atoms with Crippen LogP contribution in [0.5, 0.6) is 5.75 Å². The second-order valence-corrected chi connectivity index (χ2v) is 3.31. The first kappa shape index (κ1) is 12.8. The van der Waals surface area contributed by atoms with Gasteiger partial charge in [-0.05, 0) is 23.8 Å². The molecule has 0 radical (unpaired) electrons. The molecule has 0 spiro atoms. The van der Waals surface area contributed by atoms with Gasteiger partial charge in [0.15, 0.2) is 0 Å². The van der Waals surface area contributed by atoms with Crippen molar-refractivity contribution in [1.82, 2.24) is 0 Å².